The van der Waals surface area contributed by atoms with Crippen LogP contribution in [0, 0.1) is 6.92 Å². The van der Waals surface area contributed by atoms with Gasteiger partial charge in [-0.2, -0.15) is 4.98 Å². The standard InChI is InChI=1S/C17H19N5O/c1-11(19-17-20-16(21-23-17)14-3-4-14)13-5-7-15(8-6-13)22-10-9-18-12(22)2/h5-11,14H,3-4H2,1-2H3,(H,19,20,21)/t11-/m1/s1. The van der Waals surface area contributed by atoms with Gasteiger partial charge in [0.05, 0.1) is 6.04 Å². The Labute approximate surface area is 134 Å². The molecule has 0 unspecified atom stereocenters. The second kappa shape index (κ2) is 5.53. The SMILES string of the molecule is Cc1nccn1-c1ccc([C@@H](C)Nc2nc(C3CC3)no2)cc1. The molecule has 23 heavy (non-hydrogen) atoms. The highest BCUT2D eigenvalue weighted by Gasteiger charge is 2.29. The van der Waals surface area contributed by atoms with E-state index in [1.807, 2.05) is 13.1 Å². The third kappa shape index (κ3) is 2.84. The van der Waals surface area contributed by atoms with Gasteiger partial charge in [-0.3, -0.25) is 0 Å². The molecule has 4 rings (SSSR count). The molecule has 2 heterocycles. The van der Waals surface area contributed by atoms with Crippen LogP contribution in [0.3, 0.4) is 0 Å². The van der Waals surface area contributed by atoms with E-state index >= 15 is 0 Å². The van der Waals surface area contributed by atoms with Crippen LogP contribution in [0.25, 0.3) is 5.69 Å². The first-order valence-electron chi connectivity index (χ1n) is 7.91. The maximum absolute atomic E-state index is 5.27. The first-order chi connectivity index (χ1) is 11.2. The van der Waals surface area contributed by atoms with Crippen LogP contribution >= 0.6 is 0 Å². The monoisotopic (exact) mass is 309 g/mol. The zero-order valence-corrected chi connectivity index (χ0v) is 13.2. The lowest BCUT2D eigenvalue weighted by molar-refractivity contribution is 0.420. The number of nitrogens with zero attached hydrogens (tertiary/aromatic N) is 4. The van der Waals surface area contributed by atoms with Crippen molar-refractivity contribution in [1.29, 1.82) is 0 Å². The van der Waals surface area contributed by atoms with E-state index in [1.54, 1.807) is 6.20 Å². The Bertz CT molecular complexity index is 801. The van der Waals surface area contributed by atoms with Gasteiger partial charge in [0.15, 0.2) is 5.82 Å². The van der Waals surface area contributed by atoms with Gasteiger partial charge in [0.2, 0.25) is 0 Å². The summed E-state index contributed by atoms with van der Waals surface area (Å²) in [6.07, 6.45) is 6.11. The molecule has 1 saturated carbocycles. The summed E-state index contributed by atoms with van der Waals surface area (Å²) in [6, 6.07) is 8.97. The van der Waals surface area contributed by atoms with Crippen molar-refractivity contribution in [2.24, 2.45) is 0 Å². The minimum Gasteiger partial charge on any atom is -0.331 e. The van der Waals surface area contributed by atoms with Crippen molar-refractivity contribution in [2.45, 2.75) is 38.6 Å². The molecule has 6 nitrogen and oxygen atoms in total. The highest BCUT2D eigenvalue weighted by Crippen LogP contribution is 2.38. The minimum atomic E-state index is 0.0976. The van der Waals surface area contributed by atoms with Gasteiger partial charge >= 0.3 is 6.01 Å². The van der Waals surface area contributed by atoms with Crippen molar-refractivity contribution < 1.29 is 4.52 Å². The molecule has 0 bridgehead atoms. The molecule has 0 saturated heterocycles. The third-order valence-electron chi connectivity index (χ3n) is 4.22. The van der Waals surface area contributed by atoms with E-state index < -0.39 is 0 Å². The average Bonchev–Trinajstić information content (AvgIpc) is 3.16. The van der Waals surface area contributed by atoms with Crippen molar-refractivity contribution >= 4 is 6.01 Å². The molecular weight excluding hydrogens is 290 g/mol. The van der Waals surface area contributed by atoms with Gasteiger partial charge in [0.25, 0.3) is 0 Å². The lowest BCUT2D eigenvalue weighted by atomic mass is 10.1. The van der Waals surface area contributed by atoms with Gasteiger partial charge < -0.3 is 14.4 Å². The molecule has 1 aliphatic rings. The molecule has 0 radical (unpaired) electrons. The lowest BCUT2D eigenvalue weighted by Crippen LogP contribution is -2.07. The fraction of sp³-hybridized carbons (Fsp3) is 0.353. The summed E-state index contributed by atoms with van der Waals surface area (Å²) in [4.78, 5) is 8.66. The first-order valence-corrected chi connectivity index (χ1v) is 7.91. The summed E-state index contributed by atoms with van der Waals surface area (Å²) in [6.45, 7) is 4.07. The number of aryl methyl sites for hydroxylation is 1. The van der Waals surface area contributed by atoms with Crippen LogP contribution in [-0.2, 0) is 0 Å². The highest BCUT2D eigenvalue weighted by atomic mass is 16.5. The van der Waals surface area contributed by atoms with Crippen molar-refractivity contribution in [3.63, 3.8) is 0 Å². The molecule has 0 spiro atoms. The molecule has 1 aliphatic carbocycles. The predicted molar refractivity (Wildman–Crippen MR) is 86.6 cm³/mol. The van der Waals surface area contributed by atoms with E-state index in [0.717, 1.165) is 22.9 Å². The number of aromatic nitrogens is 4. The molecule has 0 amide bonds. The number of hydrogen-bond acceptors (Lipinski definition) is 5. The molecule has 1 atom stereocenters. The molecule has 3 aromatic rings. The largest absolute Gasteiger partial charge is 0.331 e. The van der Waals surface area contributed by atoms with Crippen LogP contribution in [0.4, 0.5) is 6.01 Å². The number of imidazole rings is 1. The van der Waals surface area contributed by atoms with Crippen LogP contribution in [-0.4, -0.2) is 19.7 Å². The number of rotatable bonds is 5. The Morgan fingerprint density at radius 1 is 1.26 bits per heavy atom. The number of anilines is 1. The fourth-order valence-corrected chi connectivity index (χ4v) is 2.64. The van der Waals surface area contributed by atoms with Crippen molar-refractivity contribution in [3.8, 4) is 5.69 Å². The van der Waals surface area contributed by atoms with Gasteiger partial charge in [-0.25, -0.2) is 4.98 Å². The maximum atomic E-state index is 5.27. The van der Waals surface area contributed by atoms with Crippen molar-refractivity contribution in [3.05, 3.63) is 53.9 Å². The Hall–Kier alpha value is -2.63. The summed E-state index contributed by atoms with van der Waals surface area (Å²) in [7, 11) is 0. The summed E-state index contributed by atoms with van der Waals surface area (Å²) in [5.74, 6) is 2.30. The maximum Gasteiger partial charge on any atom is 0.321 e. The quantitative estimate of drug-likeness (QED) is 0.779. The topological polar surface area (TPSA) is 68.8 Å². The third-order valence-corrected chi connectivity index (χ3v) is 4.22. The fourth-order valence-electron chi connectivity index (χ4n) is 2.64. The van der Waals surface area contributed by atoms with E-state index in [2.05, 4.69) is 56.2 Å². The van der Waals surface area contributed by atoms with Crippen LogP contribution in [0.1, 0.15) is 48.9 Å². The van der Waals surface area contributed by atoms with Gasteiger partial charge in [-0.1, -0.05) is 17.3 Å². The lowest BCUT2D eigenvalue weighted by Gasteiger charge is -2.13. The van der Waals surface area contributed by atoms with E-state index in [9.17, 15) is 0 Å². The smallest absolute Gasteiger partial charge is 0.321 e. The van der Waals surface area contributed by atoms with Gasteiger partial charge in [0, 0.05) is 24.0 Å². The molecule has 1 aromatic carbocycles. The molecule has 6 heteroatoms. The number of benzene rings is 1. The minimum absolute atomic E-state index is 0.0976. The van der Waals surface area contributed by atoms with Crippen LogP contribution in [0.2, 0.25) is 0 Å². The second-order valence-corrected chi connectivity index (χ2v) is 6.03. The Morgan fingerprint density at radius 3 is 2.70 bits per heavy atom. The molecule has 1 fully saturated rings. The zero-order valence-electron chi connectivity index (χ0n) is 13.2. The molecule has 2 aromatic heterocycles. The van der Waals surface area contributed by atoms with Gasteiger partial charge in [0.1, 0.15) is 5.82 Å². The van der Waals surface area contributed by atoms with Gasteiger partial charge in [-0.05, 0) is 44.4 Å². The Kier molecular flexibility index (Phi) is 3.37. The normalized spacial score (nSPS) is 15.6. The summed E-state index contributed by atoms with van der Waals surface area (Å²) < 4.78 is 7.33. The Balaban J connectivity index is 1.47. The highest BCUT2D eigenvalue weighted by molar-refractivity contribution is 5.38. The second-order valence-electron chi connectivity index (χ2n) is 6.03. The molecule has 0 aliphatic heterocycles. The number of hydrogen-bond donors (Lipinski definition) is 1. The van der Waals surface area contributed by atoms with Crippen LogP contribution in [0.5, 0.6) is 0 Å². The van der Waals surface area contributed by atoms with E-state index in [-0.39, 0.29) is 6.04 Å². The van der Waals surface area contributed by atoms with E-state index in [0.29, 0.717) is 11.9 Å². The van der Waals surface area contributed by atoms with Gasteiger partial charge in [-0.15, -0.1) is 0 Å². The molecular formula is C17H19N5O. The number of nitrogens with one attached hydrogen (secondary N) is 1. The average molecular weight is 309 g/mol. The molecule has 118 valence electrons. The van der Waals surface area contributed by atoms with Crippen molar-refractivity contribution in [1.82, 2.24) is 19.7 Å². The van der Waals surface area contributed by atoms with E-state index in [4.69, 9.17) is 4.52 Å². The van der Waals surface area contributed by atoms with Crippen molar-refractivity contribution in [2.75, 3.05) is 5.32 Å². The van der Waals surface area contributed by atoms with Crippen LogP contribution < -0.4 is 5.32 Å². The predicted octanol–water partition coefficient (Wildman–Crippen LogP) is 3.61. The summed E-state index contributed by atoms with van der Waals surface area (Å²) in [5, 5.41) is 7.29. The van der Waals surface area contributed by atoms with Crippen LogP contribution in [0.15, 0.2) is 41.2 Å². The summed E-state index contributed by atoms with van der Waals surface area (Å²) in [5.41, 5.74) is 2.27. The zero-order chi connectivity index (χ0) is 15.8. The Morgan fingerprint density at radius 2 is 2.04 bits per heavy atom. The van der Waals surface area contributed by atoms with E-state index in [1.165, 1.54) is 12.8 Å². The molecule has 1 N–H and O–H groups in total. The summed E-state index contributed by atoms with van der Waals surface area (Å²) >= 11 is 0. The first kappa shape index (κ1) is 14.0.